The largest absolute Gasteiger partial charge is 0.480 e. The number of fused-ring (bicyclic) bond motifs is 1. The van der Waals surface area contributed by atoms with Crippen molar-refractivity contribution in [2.45, 2.75) is 51.1 Å². The Hall–Kier alpha value is -4.99. The summed E-state index contributed by atoms with van der Waals surface area (Å²) in [5.74, 6) is -3.82. The molecule has 0 saturated carbocycles. The molecule has 2 aromatic heterocycles. The molecule has 1 saturated heterocycles. The first-order valence-corrected chi connectivity index (χ1v) is 15.4. The summed E-state index contributed by atoms with van der Waals surface area (Å²) < 4.78 is 105. The summed E-state index contributed by atoms with van der Waals surface area (Å²) in [5.41, 5.74) is -3.22. The number of carboxylic acid groups (broad SMARTS) is 1. The number of hydrogen-bond acceptors (Lipinski definition) is 6. The second kappa shape index (κ2) is 13.7. The van der Waals surface area contributed by atoms with Gasteiger partial charge in [-0.15, -0.1) is 0 Å². The fraction of sp³-hybridized carbons (Fsp3) is 0.353. The summed E-state index contributed by atoms with van der Waals surface area (Å²) in [5, 5.41) is 12.5. The van der Waals surface area contributed by atoms with Crippen LogP contribution in [0.25, 0.3) is 22.0 Å². The first kappa shape index (κ1) is 36.3. The molecule has 0 bridgehead atoms. The van der Waals surface area contributed by atoms with E-state index in [0.717, 1.165) is 21.6 Å². The van der Waals surface area contributed by atoms with Gasteiger partial charge in [-0.25, -0.2) is 9.18 Å². The van der Waals surface area contributed by atoms with Gasteiger partial charge in [0.25, 0.3) is 11.5 Å². The van der Waals surface area contributed by atoms with Crippen LogP contribution in [0.3, 0.4) is 0 Å². The number of halogens is 7. The molecule has 16 heteroatoms. The van der Waals surface area contributed by atoms with Gasteiger partial charge < -0.3 is 24.6 Å². The number of pyridine rings is 2. The standard InChI is InChI=1S/C34H31F7N4O5/c1-4-18-13-20(45-10-11-50-16-26(45)34(39,40)41)15-24(35)27(18)30(46)43-25(32(48)49)14-19-7-8-22(29-21(19)6-5-9-42-29)28-23(33(36,37)38)12-17(2)44(3)31(28)47/h5-9,12-13,15,25-26H,4,10-11,14,16H2,1-3H3,(H,43,46)(H,48,49)/t25-,26+/m0/s1. The van der Waals surface area contributed by atoms with E-state index in [1.54, 1.807) is 6.92 Å². The monoisotopic (exact) mass is 708 g/mol. The van der Waals surface area contributed by atoms with Gasteiger partial charge in [-0.3, -0.25) is 14.6 Å². The smallest absolute Gasteiger partial charge is 0.417 e. The van der Waals surface area contributed by atoms with E-state index in [-0.39, 0.29) is 58.5 Å². The van der Waals surface area contributed by atoms with E-state index in [0.29, 0.717) is 0 Å². The minimum Gasteiger partial charge on any atom is -0.480 e. The number of rotatable bonds is 8. The van der Waals surface area contributed by atoms with E-state index >= 15 is 4.39 Å². The Balaban J connectivity index is 1.50. The van der Waals surface area contributed by atoms with E-state index in [9.17, 15) is 45.8 Å². The summed E-state index contributed by atoms with van der Waals surface area (Å²) in [7, 11) is 1.33. The van der Waals surface area contributed by atoms with Gasteiger partial charge in [0.2, 0.25) is 0 Å². The Morgan fingerprint density at radius 2 is 1.82 bits per heavy atom. The number of alkyl halides is 6. The Morgan fingerprint density at radius 3 is 2.46 bits per heavy atom. The normalized spacial score (nSPS) is 16.0. The fourth-order valence-electron chi connectivity index (χ4n) is 6.10. The van der Waals surface area contributed by atoms with Crippen LogP contribution in [0.15, 0.2) is 53.5 Å². The number of aryl methyl sites for hydroxylation is 2. The maximum atomic E-state index is 15.6. The number of aromatic nitrogens is 2. The Kier molecular flexibility index (Phi) is 9.96. The Morgan fingerprint density at radius 1 is 1.10 bits per heavy atom. The topological polar surface area (TPSA) is 114 Å². The number of nitrogens with zero attached hydrogens (tertiary/aromatic N) is 3. The van der Waals surface area contributed by atoms with Gasteiger partial charge in [0, 0.05) is 48.5 Å². The molecule has 4 aromatic rings. The van der Waals surface area contributed by atoms with Crippen LogP contribution < -0.4 is 15.8 Å². The molecular weight excluding hydrogens is 677 g/mol. The average molecular weight is 709 g/mol. The lowest BCUT2D eigenvalue weighted by Gasteiger charge is -2.38. The van der Waals surface area contributed by atoms with Crippen molar-refractivity contribution in [3.8, 4) is 11.1 Å². The number of hydrogen-bond donors (Lipinski definition) is 2. The third-order valence-corrected chi connectivity index (χ3v) is 8.73. The van der Waals surface area contributed by atoms with Crippen LogP contribution in [-0.2, 0) is 35.6 Å². The second-order valence-corrected chi connectivity index (χ2v) is 11.8. The van der Waals surface area contributed by atoms with Crippen molar-refractivity contribution < 1.29 is 50.2 Å². The zero-order valence-electron chi connectivity index (χ0n) is 26.9. The molecule has 9 nitrogen and oxygen atoms in total. The minimum absolute atomic E-state index is 0.0163. The lowest BCUT2D eigenvalue weighted by molar-refractivity contribution is -0.167. The fourth-order valence-corrected chi connectivity index (χ4v) is 6.10. The van der Waals surface area contributed by atoms with E-state index in [4.69, 9.17) is 4.74 Å². The molecule has 0 unspecified atom stereocenters. The van der Waals surface area contributed by atoms with Crippen LogP contribution in [0, 0.1) is 12.7 Å². The lowest BCUT2D eigenvalue weighted by atomic mass is 9.93. The average Bonchev–Trinajstić information content (AvgIpc) is 3.05. The molecule has 1 amide bonds. The molecule has 1 fully saturated rings. The molecular formula is C34H31F7N4O5. The molecule has 2 N–H and O–H groups in total. The van der Waals surface area contributed by atoms with Crippen molar-refractivity contribution in [1.82, 2.24) is 14.9 Å². The third-order valence-electron chi connectivity index (χ3n) is 8.73. The number of carbonyl (C=O) groups excluding carboxylic acids is 1. The number of aliphatic carboxylic acids is 1. The highest BCUT2D eigenvalue weighted by molar-refractivity contribution is 5.99. The second-order valence-electron chi connectivity index (χ2n) is 11.8. The number of ether oxygens (including phenoxy) is 1. The first-order chi connectivity index (χ1) is 23.4. The molecule has 1 aliphatic rings. The maximum absolute atomic E-state index is 15.6. The SMILES string of the molecule is CCc1cc(N2CCOC[C@@H]2C(F)(F)F)cc(F)c1C(=O)N[C@@H](Cc1ccc(-c2c(C(F)(F)F)cc(C)n(C)c2=O)c2ncccc12)C(=O)O. The predicted octanol–water partition coefficient (Wildman–Crippen LogP) is 5.82. The molecule has 50 heavy (non-hydrogen) atoms. The van der Waals surface area contributed by atoms with Crippen molar-refractivity contribution in [2.75, 3.05) is 24.7 Å². The summed E-state index contributed by atoms with van der Waals surface area (Å²) in [6, 6.07) is 4.64. The number of nitrogens with one attached hydrogen (secondary N) is 1. The van der Waals surface area contributed by atoms with Crippen molar-refractivity contribution in [3.63, 3.8) is 0 Å². The zero-order valence-corrected chi connectivity index (χ0v) is 26.9. The van der Waals surface area contributed by atoms with Crippen LogP contribution in [0.1, 0.15) is 39.7 Å². The van der Waals surface area contributed by atoms with E-state index in [1.165, 1.54) is 50.5 Å². The molecule has 266 valence electrons. The summed E-state index contributed by atoms with van der Waals surface area (Å²) in [6.07, 6.45) is -8.68. The number of morpholine rings is 1. The van der Waals surface area contributed by atoms with Gasteiger partial charge in [0.15, 0.2) is 0 Å². The van der Waals surface area contributed by atoms with E-state index in [2.05, 4.69) is 10.3 Å². The molecule has 0 radical (unpaired) electrons. The molecule has 2 atom stereocenters. The van der Waals surface area contributed by atoms with Gasteiger partial charge >= 0.3 is 18.3 Å². The van der Waals surface area contributed by atoms with Gasteiger partial charge in [-0.05, 0) is 48.7 Å². The van der Waals surface area contributed by atoms with Crippen LogP contribution in [0.2, 0.25) is 0 Å². The number of carbonyl (C=O) groups is 2. The van der Waals surface area contributed by atoms with Crippen LogP contribution in [0.5, 0.6) is 0 Å². The molecule has 5 rings (SSSR count). The predicted molar refractivity (Wildman–Crippen MR) is 169 cm³/mol. The lowest BCUT2D eigenvalue weighted by Crippen LogP contribution is -2.53. The molecule has 2 aromatic carbocycles. The summed E-state index contributed by atoms with van der Waals surface area (Å²) in [6.45, 7) is 2.03. The van der Waals surface area contributed by atoms with Crippen molar-refractivity contribution in [2.24, 2.45) is 7.05 Å². The quantitative estimate of drug-likeness (QED) is 0.222. The van der Waals surface area contributed by atoms with Gasteiger partial charge in [-0.2, -0.15) is 26.3 Å². The Labute approximate surface area is 280 Å². The molecule has 1 aliphatic heterocycles. The van der Waals surface area contributed by atoms with Crippen LogP contribution in [0.4, 0.5) is 36.4 Å². The highest BCUT2D eigenvalue weighted by Gasteiger charge is 2.46. The van der Waals surface area contributed by atoms with Crippen molar-refractivity contribution >= 4 is 28.5 Å². The van der Waals surface area contributed by atoms with Crippen molar-refractivity contribution in [3.05, 3.63) is 92.8 Å². The van der Waals surface area contributed by atoms with Gasteiger partial charge in [0.05, 0.1) is 35.4 Å². The highest BCUT2D eigenvalue weighted by atomic mass is 19.4. The molecule has 0 spiro atoms. The van der Waals surface area contributed by atoms with Crippen LogP contribution in [-0.4, -0.2) is 64.6 Å². The van der Waals surface area contributed by atoms with Crippen molar-refractivity contribution in [1.29, 1.82) is 0 Å². The number of amides is 1. The summed E-state index contributed by atoms with van der Waals surface area (Å²) >= 11 is 0. The molecule has 0 aliphatic carbocycles. The maximum Gasteiger partial charge on any atom is 0.417 e. The van der Waals surface area contributed by atoms with E-state index < -0.39 is 77.4 Å². The van der Waals surface area contributed by atoms with Crippen LogP contribution >= 0.6 is 0 Å². The minimum atomic E-state index is -4.89. The van der Waals surface area contributed by atoms with Gasteiger partial charge in [-0.1, -0.05) is 25.1 Å². The molecule has 3 heterocycles. The zero-order chi connectivity index (χ0) is 36.7. The Bertz CT molecular complexity index is 2030. The number of anilines is 1. The summed E-state index contributed by atoms with van der Waals surface area (Å²) in [4.78, 5) is 44.1. The highest BCUT2D eigenvalue weighted by Crippen LogP contribution is 2.39. The third kappa shape index (κ3) is 7.02. The number of benzene rings is 2. The number of carboxylic acids is 1. The first-order valence-electron chi connectivity index (χ1n) is 15.4. The van der Waals surface area contributed by atoms with E-state index in [1.807, 2.05) is 0 Å². The van der Waals surface area contributed by atoms with Gasteiger partial charge in [0.1, 0.15) is 17.9 Å².